The van der Waals surface area contributed by atoms with Crippen molar-refractivity contribution in [3.05, 3.63) is 0 Å². The molecule has 0 aromatic heterocycles. The number of aliphatic hydroxyl groups is 8. The lowest BCUT2D eigenvalue weighted by Gasteiger charge is -2.26. The normalized spacial score (nSPS) is 14.5. The van der Waals surface area contributed by atoms with E-state index >= 15 is 0 Å². The van der Waals surface area contributed by atoms with Gasteiger partial charge in [0.15, 0.2) is 0 Å². The Kier molecular flexibility index (Phi) is 40.8. The first-order valence-corrected chi connectivity index (χ1v) is 16.0. The zero-order chi connectivity index (χ0) is 41.4. The predicted octanol–water partition coefficient (Wildman–Crippen LogP) is -3.43. The fourth-order valence-corrected chi connectivity index (χ4v) is 3.09. The zero-order valence-electron chi connectivity index (χ0n) is 30.8. The number of rotatable bonds is 20. The number of amides is 1. The first kappa shape index (κ1) is 58.8. The van der Waals surface area contributed by atoms with Crippen molar-refractivity contribution in [1.82, 2.24) is 5.32 Å². The first-order chi connectivity index (χ1) is 24.1. The lowest BCUT2D eigenvalue weighted by molar-refractivity contribution is -0.153. The van der Waals surface area contributed by atoms with Gasteiger partial charge in [0, 0.05) is 53.6 Å². The highest BCUT2D eigenvalue weighted by atomic mass is 16.6. The summed E-state index contributed by atoms with van der Waals surface area (Å²) >= 11 is 0. The monoisotopic (exact) mass is 780 g/mol. The molecule has 0 fully saturated rings. The largest absolute Gasteiger partial charge is 0.469 e. The van der Waals surface area contributed by atoms with Gasteiger partial charge in [0.05, 0.1) is 33.5 Å². The highest BCUT2D eigenvalue weighted by molar-refractivity contribution is 5.75. The van der Waals surface area contributed by atoms with E-state index in [1.165, 1.54) is 35.2 Å². The van der Waals surface area contributed by atoms with Crippen LogP contribution < -0.4 is 11.1 Å². The molecular weight excluding hydrogens is 716 g/mol. The number of hydrogen-bond donors (Lipinski definition) is 10. The summed E-state index contributed by atoms with van der Waals surface area (Å²) in [6.45, 7) is 3.45. The number of ether oxygens (including phenoxy) is 5. The maximum Gasteiger partial charge on any atom is 0.305 e. The van der Waals surface area contributed by atoms with Crippen LogP contribution in [0.5, 0.6) is 0 Å². The summed E-state index contributed by atoms with van der Waals surface area (Å²) in [6, 6.07) is 0. The maximum atomic E-state index is 11.7. The molecule has 0 radical (unpaired) electrons. The molecule has 8 atom stereocenters. The van der Waals surface area contributed by atoms with Gasteiger partial charge >= 0.3 is 29.8 Å². The second kappa shape index (κ2) is 36.8. The van der Waals surface area contributed by atoms with E-state index in [4.69, 9.17) is 10.8 Å². The third kappa shape index (κ3) is 38.0. The Hall–Kier alpha value is -3.54. The van der Waals surface area contributed by atoms with Gasteiger partial charge in [-0.2, -0.15) is 0 Å². The van der Waals surface area contributed by atoms with Crippen LogP contribution in [0.1, 0.15) is 73.6 Å². The van der Waals surface area contributed by atoms with E-state index in [2.05, 4.69) is 29.0 Å². The predicted molar refractivity (Wildman–Crippen MR) is 185 cm³/mol. The molecule has 0 bridgehead atoms. The number of hydrogen-bond acceptors (Lipinski definition) is 20. The Morgan fingerprint density at radius 3 is 1.19 bits per heavy atom. The molecule has 0 aromatic rings. The second-order valence-electron chi connectivity index (χ2n) is 10.8. The average molecular weight is 781 g/mol. The minimum atomic E-state index is -1.74. The number of nitrogens with one attached hydrogen (secondary N) is 1. The molecule has 0 saturated carbocycles. The number of unbranched alkanes of at least 4 members (excludes halogenated alkanes) is 3. The van der Waals surface area contributed by atoms with Crippen LogP contribution in [0.25, 0.3) is 0 Å². The van der Waals surface area contributed by atoms with E-state index in [0.717, 1.165) is 26.7 Å². The Balaban J connectivity index is -0.000000246. The molecule has 0 aromatic carbocycles. The summed E-state index contributed by atoms with van der Waals surface area (Å²) < 4.78 is 21.7. The smallest absolute Gasteiger partial charge is 0.305 e. The number of methoxy groups -OCH3 is 3. The zero-order valence-corrected chi connectivity index (χ0v) is 30.8. The summed E-state index contributed by atoms with van der Waals surface area (Å²) in [5.41, 5.74) is 5.04. The fourth-order valence-electron chi connectivity index (χ4n) is 3.09. The van der Waals surface area contributed by atoms with Gasteiger partial charge in [-0.25, -0.2) is 0 Å². The Morgan fingerprint density at radius 2 is 0.868 bits per heavy atom. The molecular formula is C32H64N2O19. The van der Waals surface area contributed by atoms with Crippen molar-refractivity contribution in [2.75, 3.05) is 47.6 Å². The second-order valence-corrected chi connectivity index (χ2v) is 10.8. The number of nitrogens with two attached hydrogens (primary N) is 1. The molecule has 1 amide bonds. The van der Waals surface area contributed by atoms with Gasteiger partial charge in [-0.05, 0) is 12.8 Å². The molecule has 0 rings (SSSR count). The van der Waals surface area contributed by atoms with E-state index < -0.39 is 74.0 Å². The lowest BCUT2D eigenvalue weighted by Crippen LogP contribution is -2.50. The Morgan fingerprint density at radius 1 is 0.528 bits per heavy atom. The SMILES string of the molecule is C.CC(=O)OCC(O)C(O)C(O)C(O)CN.COC(=O)CCCCCCC(=O)NCC(O)C(O)C(O)C(O)COC(C)=O.COC(C)=O.COC(C)=O. The molecule has 0 saturated heterocycles. The molecule has 0 spiro atoms. The molecule has 21 heteroatoms. The van der Waals surface area contributed by atoms with Crippen molar-refractivity contribution in [3.63, 3.8) is 0 Å². The fraction of sp³-hybridized carbons (Fsp3) is 0.812. The first-order valence-electron chi connectivity index (χ1n) is 16.0. The lowest BCUT2D eigenvalue weighted by atomic mass is 10.0. The van der Waals surface area contributed by atoms with Gasteiger partial charge < -0.3 is 75.6 Å². The maximum absolute atomic E-state index is 11.7. The minimum absolute atomic E-state index is 0. The molecule has 21 nitrogen and oxygen atoms in total. The molecule has 316 valence electrons. The van der Waals surface area contributed by atoms with E-state index in [-0.39, 0.29) is 50.8 Å². The summed E-state index contributed by atoms with van der Waals surface area (Å²) in [5.74, 6) is -2.36. The molecule has 11 N–H and O–H groups in total. The van der Waals surface area contributed by atoms with Gasteiger partial charge in [0.2, 0.25) is 5.91 Å². The van der Waals surface area contributed by atoms with Crippen LogP contribution in [0, 0.1) is 0 Å². The standard InChI is InChI=1S/C17H31NO9.C8H17NO6.2C3H6O2.CH4/c1-11(19)27-10-13(21)17(25)16(24)12(20)9-18-14(22)7-5-3-4-6-8-15(23)26-2;1-4(10)15-3-6(12)8(14)7(13)5(11)2-9;2*1-3(4)5-2;/h12-13,16-17,20-21,24-25H,3-10H2,1-2H3,(H,18,22);5-8,11-14H,2-3,9H2,1H3;2*1-2H3;1H4. The molecule has 0 aliphatic rings. The highest BCUT2D eigenvalue weighted by Gasteiger charge is 2.31. The van der Waals surface area contributed by atoms with E-state index in [0.29, 0.717) is 19.3 Å². The van der Waals surface area contributed by atoms with Crippen molar-refractivity contribution in [2.45, 2.75) is 122 Å². The van der Waals surface area contributed by atoms with Gasteiger partial charge in [0.25, 0.3) is 0 Å². The third-order valence-electron chi connectivity index (χ3n) is 6.28. The van der Waals surface area contributed by atoms with E-state index in [1.54, 1.807) is 0 Å². The van der Waals surface area contributed by atoms with Gasteiger partial charge in [-0.3, -0.25) is 28.8 Å². The van der Waals surface area contributed by atoms with E-state index in [1.807, 2.05) is 0 Å². The van der Waals surface area contributed by atoms with Crippen molar-refractivity contribution in [3.8, 4) is 0 Å². The highest BCUT2D eigenvalue weighted by Crippen LogP contribution is 2.08. The number of carbonyl (C=O) groups excluding carboxylic acids is 6. The molecule has 0 heterocycles. The van der Waals surface area contributed by atoms with E-state index in [9.17, 15) is 64.5 Å². The van der Waals surface area contributed by atoms with Crippen molar-refractivity contribution in [2.24, 2.45) is 5.73 Å². The van der Waals surface area contributed by atoms with Crippen molar-refractivity contribution in [1.29, 1.82) is 0 Å². The van der Waals surface area contributed by atoms with Crippen molar-refractivity contribution < 1.29 is 93.3 Å². The van der Waals surface area contributed by atoms with Crippen LogP contribution in [0.15, 0.2) is 0 Å². The average Bonchev–Trinajstić information content (AvgIpc) is 3.11. The molecule has 8 unspecified atom stereocenters. The van der Waals surface area contributed by atoms with Crippen LogP contribution in [0.4, 0.5) is 0 Å². The molecule has 0 aliphatic carbocycles. The summed E-state index contributed by atoms with van der Waals surface area (Å²) in [7, 11) is 4.03. The molecule has 0 aliphatic heterocycles. The number of aliphatic hydroxyl groups excluding tert-OH is 8. The van der Waals surface area contributed by atoms with Crippen LogP contribution in [0.2, 0.25) is 0 Å². The minimum Gasteiger partial charge on any atom is -0.469 e. The third-order valence-corrected chi connectivity index (χ3v) is 6.28. The Labute approximate surface area is 310 Å². The summed E-state index contributed by atoms with van der Waals surface area (Å²) in [5, 5.41) is 78.2. The van der Waals surface area contributed by atoms with Gasteiger partial charge in [-0.15, -0.1) is 0 Å². The number of esters is 5. The summed E-state index contributed by atoms with van der Waals surface area (Å²) in [4.78, 5) is 62.8. The summed E-state index contributed by atoms with van der Waals surface area (Å²) in [6.07, 6.45) is -9.15. The molecule has 53 heavy (non-hydrogen) atoms. The van der Waals surface area contributed by atoms with Crippen molar-refractivity contribution >= 4 is 35.8 Å². The van der Waals surface area contributed by atoms with Crippen LogP contribution in [-0.4, -0.2) is 173 Å². The van der Waals surface area contributed by atoms with Gasteiger partial charge in [-0.1, -0.05) is 20.3 Å². The quantitative estimate of drug-likeness (QED) is 0.0326. The van der Waals surface area contributed by atoms with Gasteiger partial charge in [0.1, 0.15) is 49.8 Å². The van der Waals surface area contributed by atoms with Crippen LogP contribution in [-0.2, 0) is 52.5 Å². The topological polar surface area (TPSA) is 348 Å². The van der Waals surface area contributed by atoms with Crippen LogP contribution in [0.3, 0.4) is 0 Å². The Bertz CT molecular complexity index is 973. The number of carbonyl (C=O) groups is 6. The van der Waals surface area contributed by atoms with Crippen LogP contribution >= 0.6 is 0 Å².